The highest BCUT2D eigenvalue weighted by atomic mass is 35.5. The molecule has 1 saturated carbocycles. The zero-order chi connectivity index (χ0) is 19.1. The van der Waals surface area contributed by atoms with E-state index in [1.165, 1.54) is 6.42 Å². The monoisotopic (exact) mass is 392 g/mol. The van der Waals surface area contributed by atoms with Gasteiger partial charge < -0.3 is 14.4 Å². The number of hydrogen-bond donors (Lipinski definition) is 0. The molecule has 27 heavy (non-hydrogen) atoms. The van der Waals surface area contributed by atoms with E-state index in [1.54, 1.807) is 12.1 Å². The molecule has 1 aromatic carbocycles. The summed E-state index contributed by atoms with van der Waals surface area (Å²) < 4.78 is 11.2. The number of ether oxygens (including phenoxy) is 2. The minimum atomic E-state index is 0.0706. The fraction of sp³-hybridized carbons (Fsp3) is 0.667. The Bertz CT molecular complexity index is 704. The van der Waals surface area contributed by atoms with Crippen LogP contribution in [-0.4, -0.2) is 68.3 Å². The summed E-state index contributed by atoms with van der Waals surface area (Å²) in [5.41, 5.74) is 0.529. The van der Waals surface area contributed by atoms with Gasteiger partial charge in [-0.15, -0.1) is 0 Å². The summed E-state index contributed by atoms with van der Waals surface area (Å²) in [6, 6.07) is 7.20. The van der Waals surface area contributed by atoms with Crippen LogP contribution in [0.3, 0.4) is 0 Å². The highest BCUT2D eigenvalue weighted by Gasteiger charge is 2.63. The number of benzene rings is 1. The van der Waals surface area contributed by atoms with Crippen molar-refractivity contribution in [3.63, 3.8) is 0 Å². The number of rotatable bonds is 5. The largest absolute Gasteiger partial charge is 0.484 e. The predicted molar refractivity (Wildman–Crippen MR) is 105 cm³/mol. The highest BCUT2D eigenvalue weighted by Crippen LogP contribution is 2.63. The van der Waals surface area contributed by atoms with Crippen molar-refractivity contribution in [2.45, 2.75) is 20.3 Å². The number of carbonyl (C=O) groups is 1. The lowest BCUT2D eigenvalue weighted by molar-refractivity contribution is -0.132. The van der Waals surface area contributed by atoms with Gasteiger partial charge in [-0.1, -0.05) is 31.5 Å². The van der Waals surface area contributed by atoms with Gasteiger partial charge in [-0.3, -0.25) is 9.69 Å². The lowest BCUT2D eigenvalue weighted by atomic mass is 9.48. The van der Waals surface area contributed by atoms with Gasteiger partial charge >= 0.3 is 0 Å². The van der Waals surface area contributed by atoms with E-state index >= 15 is 0 Å². The van der Waals surface area contributed by atoms with E-state index in [0.29, 0.717) is 22.1 Å². The maximum Gasteiger partial charge on any atom is 0.260 e. The first-order chi connectivity index (χ1) is 12.9. The van der Waals surface area contributed by atoms with E-state index in [1.807, 2.05) is 17.0 Å². The molecule has 148 valence electrons. The Balaban J connectivity index is 1.38. The summed E-state index contributed by atoms with van der Waals surface area (Å²) in [5.74, 6) is 1.27. The molecule has 1 aromatic rings. The zero-order valence-corrected chi connectivity index (χ0v) is 17.0. The Morgan fingerprint density at radius 2 is 2.11 bits per heavy atom. The second kappa shape index (κ2) is 7.26. The Kier molecular flexibility index (Phi) is 5.12. The highest BCUT2D eigenvalue weighted by molar-refractivity contribution is 6.30. The van der Waals surface area contributed by atoms with Crippen molar-refractivity contribution in [2.75, 3.05) is 52.5 Å². The first-order valence-electron chi connectivity index (χ1n) is 9.84. The Morgan fingerprint density at radius 3 is 2.81 bits per heavy atom. The summed E-state index contributed by atoms with van der Waals surface area (Å²) in [7, 11) is 0. The number of fused-ring (bicyclic) bond motifs is 1. The molecular weight excluding hydrogens is 364 g/mol. The molecule has 2 saturated heterocycles. The molecule has 0 unspecified atom stereocenters. The standard InChI is InChI=1S/C21H29ClN2O3/c1-20(2)13-21(14-23-6-8-26-9-7-23)15-24(11-18(20)21)19(25)12-27-17-5-3-4-16(22)10-17/h3-5,10,18H,6-9,11-15H2,1-2H3/t18-,21+/m1/s1. The average Bonchev–Trinajstić information content (AvgIpc) is 2.95. The SMILES string of the molecule is CC1(C)C[C@]2(CN3CCOCC3)CN(C(=O)COc3cccc(Cl)c3)C[C@H]12. The van der Waals surface area contributed by atoms with Crippen molar-refractivity contribution < 1.29 is 14.3 Å². The van der Waals surface area contributed by atoms with Gasteiger partial charge in [0.1, 0.15) is 5.75 Å². The van der Waals surface area contributed by atoms with Gasteiger partial charge in [0, 0.05) is 43.2 Å². The molecular formula is C21H29ClN2O3. The van der Waals surface area contributed by atoms with Crippen LogP contribution < -0.4 is 4.74 Å². The van der Waals surface area contributed by atoms with Crippen LogP contribution in [0.4, 0.5) is 0 Å². The van der Waals surface area contributed by atoms with Crippen molar-refractivity contribution in [1.82, 2.24) is 9.80 Å². The second-order valence-corrected chi connectivity index (χ2v) is 9.43. The number of morpholine rings is 1. The summed E-state index contributed by atoms with van der Waals surface area (Å²) in [6.07, 6.45) is 1.18. The Morgan fingerprint density at radius 1 is 1.33 bits per heavy atom. The molecule has 6 heteroatoms. The molecule has 0 N–H and O–H groups in total. The third-order valence-electron chi connectivity index (χ3n) is 6.55. The zero-order valence-electron chi connectivity index (χ0n) is 16.2. The first-order valence-corrected chi connectivity index (χ1v) is 10.2. The summed E-state index contributed by atoms with van der Waals surface area (Å²) >= 11 is 5.99. The topological polar surface area (TPSA) is 42.0 Å². The van der Waals surface area contributed by atoms with Crippen LogP contribution in [0.1, 0.15) is 20.3 Å². The van der Waals surface area contributed by atoms with E-state index in [-0.39, 0.29) is 17.9 Å². The predicted octanol–water partition coefficient (Wildman–Crippen LogP) is 2.93. The van der Waals surface area contributed by atoms with Crippen molar-refractivity contribution in [1.29, 1.82) is 0 Å². The first kappa shape index (κ1) is 19.0. The molecule has 3 fully saturated rings. The number of likely N-dealkylation sites (tertiary alicyclic amines) is 1. The van der Waals surface area contributed by atoms with E-state index in [2.05, 4.69) is 18.7 Å². The number of nitrogens with zero attached hydrogens (tertiary/aromatic N) is 2. The van der Waals surface area contributed by atoms with Gasteiger partial charge in [0.2, 0.25) is 0 Å². The van der Waals surface area contributed by atoms with E-state index in [9.17, 15) is 4.79 Å². The molecule has 0 aromatic heterocycles. The van der Waals surface area contributed by atoms with E-state index < -0.39 is 0 Å². The van der Waals surface area contributed by atoms with Gasteiger partial charge in [0.05, 0.1) is 13.2 Å². The molecule has 2 heterocycles. The van der Waals surface area contributed by atoms with Gasteiger partial charge in [-0.05, 0) is 36.0 Å². The van der Waals surface area contributed by atoms with Crippen LogP contribution in [0.15, 0.2) is 24.3 Å². The lowest BCUT2D eigenvalue weighted by Crippen LogP contribution is -2.59. The van der Waals surface area contributed by atoms with Crippen LogP contribution in [0.5, 0.6) is 5.75 Å². The third kappa shape index (κ3) is 3.82. The minimum absolute atomic E-state index is 0.0706. The Labute approximate surface area is 166 Å². The quantitative estimate of drug-likeness (QED) is 0.772. The molecule has 5 nitrogen and oxygen atoms in total. The molecule has 0 radical (unpaired) electrons. The van der Waals surface area contributed by atoms with Crippen LogP contribution in [0.2, 0.25) is 5.02 Å². The van der Waals surface area contributed by atoms with Gasteiger partial charge in [0.25, 0.3) is 5.91 Å². The molecule has 3 aliphatic rings. The number of amides is 1. The molecule has 2 aliphatic heterocycles. The molecule has 0 spiro atoms. The number of carbonyl (C=O) groups excluding carboxylic acids is 1. The maximum absolute atomic E-state index is 12.8. The lowest BCUT2D eigenvalue weighted by Gasteiger charge is -2.58. The Hall–Kier alpha value is -1.30. The molecule has 4 rings (SSSR count). The molecule has 2 atom stereocenters. The van der Waals surface area contributed by atoms with Crippen molar-refractivity contribution in [3.05, 3.63) is 29.3 Å². The molecule has 0 bridgehead atoms. The fourth-order valence-electron chi connectivity index (χ4n) is 5.53. The normalized spacial score (nSPS) is 29.9. The number of hydrogen-bond acceptors (Lipinski definition) is 4. The maximum atomic E-state index is 12.8. The van der Waals surface area contributed by atoms with Gasteiger partial charge in [-0.2, -0.15) is 0 Å². The molecule has 1 amide bonds. The van der Waals surface area contributed by atoms with Gasteiger partial charge in [0.15, 0.2) is 6.61 Å². The summed E-state index contributed by atoms with van der Waals surface area (Å²) in [5, 5.41) is 0.616. The average molecular weight is 393 g/mol. The fourth-order valence-corrected chi connectivity index (χ4v) is 5.71. The number of halogens is 1. The van der Waals surface area contributed by atoms with Crippen molar-refractivity contribution in [3.8, 4) is 5.75 Å². The van der Waals surface area contributed by atoms with E-state index in [4.69, 9.17) is 21.1 Å². The van der Waals surface area contributed by atoms with Crippen LogP contribution in [0, 0.1) is 16.7 Å². The van der Waals surface area contributed by atoms with Crippen LogP contribution >= 0.6 is 11.6 Å². The smallest absolute Gasteiger partial charge is 0.260 e. The van der Waals surface area contributed by atoms with Crippen LogP contribution in [0.25, 0.3) is 0 Å². The summed E-state index contributed by atoms with van der Waals surface area (Å²) in [4.78, 5) is 17.3. The van der Waals surface area contributed by atoms with Crippen LogP contribution in [-0.2, 0) is 9.53 Å². The van der Waals surface area contributed by atoms with Crippen molar-refractivity contribution in [2.24, 2.45) is 16.7 Å². The second-order valence-electron chi connectivity index (χ2n) is 8.99. The third-order valence-corrected chi connectivity index (χ3v) is 6.79. The summed E-state index contributed by atoms with van der Waals surface area (Å²) in [6.45, 7) is 11.1. The van der Waals surface area contributed by atoms with Crippen molar-refractivity contribution >= 4 is 17.5 Å². The molecule has 1 aliphatic carbocycles. The van der Waals surface area contributed by atoms with Gasteiger partial charge in [-0.25, -0.2) is 0 Å². The van der Waals surface area contributed by atoms with E-state index in [0.717, 1.165) is 45.9 Å². The minimum Gasteiger partial charge on any atom is -0.484 e.